The summed E-state index contributed by atoms with van der Waals surface area (Å²) in [7, 11) is 0.369. The van der Waals surface area contributed by atoms with Gasteiger partial charge in [-0.3, -0.25) is 4.90 Å². The van der Waals surface area contributed by atoms with Crippen LogP contribution in [0.15, 0.2) is 23.4 Å². The highest BCUT2D eigenvalue weighted by Gasteiger charge is 2.34. The molecule has 0 aliphatic carbocycles. The number of sulfonamides is 1. The van der Waals surface area contributed by atoms with E-state index in [1.807, 2.05) is 27.9 Å². The molecule has 1 aliphatic heterocycles. The SMILES string of the molecule is CNCc1ccc(S(=O)(=O)N2CC(C)N(C)C(C)C2)nc1. The van der Waals surface area contributed by atoms with Crippen molar-refractivity contribution >= 4 is 10.0 Å². The molecule has 2 atom stereocenters. The average Bonchev–Trinajstić information content (AvgIpc) is 2.45. The fraction of sp³-hybridized carbons (Fsp3) is 0.643. The van der Waals surface area contributed by atoms with Gasteiger partial charge in [-0.15, -0.1) is 0 Å². The first kappa shape index (κ1) is 16.4. The number of nitrogens with zero attached hydrogens (tertiary/aromatic N) is 3. The fourth-order valence-corrected chi connectivity index (χ4v) is 4.07. The second kappa shape index (κ2) is 6.39. The number of piperazine rings is 1. The Bertz CT molecular complexity index is 561. The van der Waals surface area contributed by atoms with Crippen molar-refractivity contribution in [3.05, 3.63) is 23.9 Å². The van der Waals surface area contributed by atoms with Crippen molar-refractivity contribution in [2.75, 3.05) is 27.2 Å². The van der Waals surface area contributed by atoms with Gasteiger partial charge in [0.15, 0.2) is 5.03 Å². The molecule has 0 spiro atoms. The summed E-state index contributed by atoms with van der Waals surface area (Å²) in [4.78, 5) is 6.33. The Morgan fingerprint density at radius 1 is 1.29 bits per heavy atom. The minimum Gasteiger partial charge on any atom is -0.316 e. The summed E-state index contributed by atoms with van der Waals surface area (Å²) in [5, 5.41) is 3.15. The minimum atomic E-state index is -3.51. The van der Waals surface area contributed by atoms with E-state index in [4.69, 9.17) is 0 Å². The number of nitrogens with one attached hydrogen (secondary N) is 1. The quantitative estimate of drug-likeness (QED) is 0.878. The second-order valence-corrected chi connectivity index (χ2v) is 7.61. The van der Waals surface area contributed by atoms with Crippen LogP contribution in [0, 0.1) is 0 Å². The number of pyridine rings is 1. The van der Waals surface area contributed by atoms with Gasteiger partial charge in [-0.1, -0.05) is 6.07 Å². The van der Waals surface area contributed by atoms with Crippen LogP contribution >= 0.6 is 0 Å². The van der Waals surface area contributed by atoms with E-state index in [-0.39, 0.29) is 17.1 Å². The molecule has 2 rings (SSSR count). The third-order valence-corrected chi connectivity index (χ3v) is 5.86. The highest BCUT2D eigenvalue weighted by Crippen LogP contribution is 2.21. The number of likely N-dealkylation sites (N-methyl/N-ethyl adjacent to an activating group) is 1. The number of rotatable bonds is 4. The highest BCUT2D eigenvalue weighted by atomic mass is 32.2. The molecule has 0 amide bonds. The second-order valence-electron chi connectivity index (χ2n) is 5.72. The van der Waals surface area contributed by atoms with Crippen LogP contribution in [0.3, 0.4) is 0 Å². The van der Waals surface area contributed by atoms with Gasteiger partial charge in [-0.25, -0.2) is 13.4 Å². The van der Waals surface area contributed by atoms with Crippen molar-refractivity contribution in [3.63, 3.8) is 0 Å². The van der Waals surface area contributed by atoms with Gasteiger partial charge in [0, 0.05) is 37.9 Å². The summed E-state index contributed by atoms with van der Waals surface area (Å²) >= 11 is 0. The van der Waals surface area contributed by atoms with Gasteiger partial charge < -0.3 is 5.32 Å². The monoisotopic (exact) mass is 312 g/mol. The van der Waals surface area contributed by atoms with Gasteiger partial charge in [0.05, 0.1) is 0 Å². The van der Waals surface area contributed by atoms with Crippen molar-refractivity contribution < 1.29 is 8.42 Å². The standard InChI is InChI=1S/C14H24N4O2S/c1-11-9-18(10-12(2)17(11)4)21(19,20)14-6-5-13(7-15-3)8-16-14/h5-6,8,11-12,15H,7,9-10H2,1-4H3. The van der Waals surface area contributed by atoms with E-state index >= 15 is 0 Å². The van der Waals surface area contributed by atoms with Crippen LogP contribution in [-0.4, -0.2) is 61.9 Å². The zero-order valence-electron chi connectivity index (χ0n) is 13.1. The van der Waals surface area contributed by atoms with E-state index < -0.39 is 10.0 Å². The molecule has 1 fully saturated rings. The molecule has 2 heterocycles. The molecule has 21 heavy (non-hydrogen) atoms. The maximum atomic E-state index is 12.7. The van der Waals surface area contributed by atoms with E-state index in [2.05, 4.69) is 15.2 Å². The highest BCUT2D eigenvalue weighted by molar-refractivity contribution is 7.89. The maximum absolute atomic E-state index is 12.7. The van der Waals surface area contributed by atoms with Crippen molar-refractivity contribution in [2.45, 2.75) is 37.5 Å². The molecular formula is C14H24N4O2S. The topological polar surface area (TPSA) is 65.5 Å². The van der Waals surface area contributed by atoms with Crippen LogP contribution in [0.1, 0.15) is 19.4 Å². The summed E-state index contributed by atoms with van der Waals surface area (Å²) in [6.45, 7) is 5.77. The Balaban J connectivity index is 2.21. The van der Waals surface area contributed by atoms with Gasteiger partial charge in [-0.05, 0) is 39.6 Å². The van der Waals surface area contributed by atoms with E-state index in [1.165, 1.54) is 0 Å². The fourth-order valence-electron chi connectivity index (χ4n) is 2.56. The van der Waals surface area contributed by atoms with Gasteiger partial charge >= 0.3 is 0 Å². The number of aromatic nitrogens is 1. The summed E-state index contributed by atoms with van der Waals surface area (Å²) in [5.41, 5.74) is 0.969. The molecule has 0 radical (unpaired) electrons. The molecule has 0 saturated carbocycles. The molecule has 1 N–H and O–H groups in total. The Labute approximate surface area is 127 Å². The van der Waals surface area contributed by atoms with Gasteiger partial charge in [-0.2, -0.15) is 4.31 Å². The van der Waals surface area contributed by atoms with Gasteiger partial charge in [0.25, 0.3) is 10.0 Å². The van der Waals surface area contributed by atoms with Gasteiger partial charge in [0.1, 0.15) is 0 Å². The van der Waals surface area contributed by atoms with Crippen molar-refractivity contribution in [3.8, 4) is 0 Å². The van der Waals surface area contributed by atoms with Crippen LogP contribution in [0.25, 0.3) is 0 Å². The lowest BCUT2D eigenvalue weighted by Gasteiger charge is -2.41. The summed E-state index contributed by atoms with van der Waals surface area (Å²) in [5.74, 6) is 0. The van der Waals surface area contributed by atoms with Gasteiger partial charge in [0.2, 0.25) is 0 Å². The average molecular weight is 312 g/mol. The number of hydrogen-bond donors (Lipinski definition) is 1. The lowest BCUT2D eigenvalue weighted by atomic mass is 10.1. The van der Waals surface area contributed by atoms with E-state index in [0.717, 1.165) is 5.56 Å². The molecular weight excluding hydrogens is 288 g/mol. The van der Waals surface area contributed by atoms with E-state index in [0.29, 0.717) is 19.6 Å². The molecule has 118 valence electrons. The first-order chi connectivity index (χ1) is 9.86. The van der Waals surface area contributed by atoms with Crippen LogP contribution in [0.2, 0.25) is 0 Å². The molecule has 7 heteroatoms. The molecule has 0 bridgehead atoms. The Morgan fingerprint density at radius 2 is 1.90 bits per heavy atom. The molecule has 2 unspecified atom stereocenters. The van der Waals surface area contributed by atoms with Crippen molar-refractivity contribution in [2.24, 2.45) is 0 Å². The third kappa shape index (κ3) is 3.42. The normalized spacial score (nSPS) is 25.1. The summed E-state index contributed by atoms with van der Waals surface area (Å²) in [6.07, 6.45) is 1.62. The smallest absolute Gasteiger partial charge is 0.260 e. The predicted molar refractivity (Wildman–Crippen MR) is 82.4 cm³/mol. The molecule has 1 aromatic heterocycles. The first-order valence-electron chi connectivity index (χ1n) is 7.18. The van der Waals surface area contributed by atoms with Crippen molar-refractivity contribution in [1.82, 2.24) is 19.5 Å². The molecule has 1 saturated heterocycles. The van der Waals surface area contributed by atoms with Crippen LogP contribution < -0.4 is 5.32 Å². The summed E-state index contributed by atoms with van der Waals surface area (Å²) < 4.78 is 26.9. The molecule has 6 nitrogen and oxygen atoms in total. The van der Waals surface area contributed by atoms with Crippen LogP contribution in [0.5, 0.6) is 0 Å². The predicted octanol–water partition coefficient (Wildman–Crippen LogP) is 0.514. The molecule has 1 aliphatic rings. The zero-order chi connectivity index (χ0) is 15.6. The molecule has 0 aromatic carbocycles. The Hall–Kier alpha value is -1.02. The van der Waals surface area contributed by atoms with Crippen LogP contribution in [-0.2, 0) is 16.6 Å². The Kier molecular flexibility index (Phi) is 4.98. The Morgan fingerprint density at radius 3 is 2.38 bits per heavy atom. The van der Waals surface area contributed by atoms with Crippen LogP contribution in [0.4, 0.5) is 0 Å². The lowest BCUT2D eigenvalue weighted by Crippen LogP contribution is -2.56. The number of hydrogen-bond acceptors (Lipinski definition) is 5. The summed E-state index contributed by atoms with van der Waals surface area (Å²) in [6, 6.07) is 3.80. The van der Waals surface area contributed by atoms with Crippen molar-refractivity contribution in [1.29, 1.82) is 0 Å². The maximum Gasteiger partial charge on any atom is 0.260 e. The lowest BCUT2D eigenvalue weighted by molar-refractivity contribution is 0.105. The zero-order valence-corrected chi connectivity index (χ0v) is 13.9. The van der Waals surface area contributed by atoms with E-state index in [1.54, 1.807) is 22.6 Å². The van der Waals surface area contributed by atoms with E-state index in [9.17, 15) is 8.42 Å². The molecule has 1 aromatic rings. The minimum absolute atomic E-state index is 0.131. The largest absolute Gasteiger partial charge is 0.316 e. The first-order valence-corrected chi connectivity index (χ1v) is 8.62. The third-order valence-electron chi connectivity index (χ3n) is 4.11.